The fraction of sp³-hybridized carbons (Fsp3) is 0. The van der Waals surface area contributed by atoms with Gasteiger partial charge in [0.05, 0.1) is 26.2 Å². The summed E-state index contributed by atoms with van der Waals surface area (Å²) in [5, 5.41) is 3.37. The van der Waals surface area contributed by atoms with Crippen LogP contribution in [-0.4, -0.2) is 11.1 Å². The predicted molar refractivity (Wildman–Crippen MR) is 112 cm³/mol. The van der Waals surface area contributed by atoms with E-state index in [2.05, 4.69) is 10.3 Å². The molecular weight excluding hydrogens is 422 g/mol. The van der Waals surface area contributed by atoms with Gasteiger partial charge < -0.3 is 9.73 Å². The van der Waals surface area contributed by atoms with Gasteiger partial charge in [0.25, 0.3) is 5.24 Å². The third kappa shape index (κ3) is 3.99. The molecule has 0 aliphatic carbocycles. The van der Waals surface area contributed by atoms with Gasteiger partial charge in [-0.15, -0.1) is 0 Å². The van der Waals surface area contributed by atoms with Crippen LogP contribution in [0.5, 0.6) is 0 Å². The first-order chi connectivity index (χ1) is 13.5. The van der Waals surface area contributed by atoms with E-state index in [1.807, 2.05) is 0 Å². The van der Waals surface area contributed by atoms with Crippen LogP contribution in [0.25, 0.3) is 17.4 Å². The van der Waals surface area contributed by atoms with Gasteiger partial charge in [-0.05, 0) is 66.4 Å². The van der Waals surface area contributed by atoms with Gasteiger partial charge in [-0.1, -0.05) is 29.3 Å². The Bertz CT molecular complexity index is 1100. The third-order valence-corrected chi connectivity index (χ3v) is 5.28. The number of halogens is 3. The van der Waals surface area contributed by atoms with Crippen molar-refractivity contribution in [3.63, 3.8) is 0 Å². The molecule has 28 heavy (non-hydrogen) atoms. The van der Waals surface area contributed by atoms with Crippen molar-refractivity contribution in [2.75, 3.05) is 0 Å². The summed E-state index contributed by atoms with van der Waals surface area (Å²) in [7, 11) is 0. The molecule has 4 rings (SSSR count). The SMILES string of the molecule is O=C1NC(=Nc2ccc(F)cc2)/C(=C/c2ccc(-c3c(Cl)cccc3Cl)o2)S1. The van der Waals surface area contributed by atoms with Gasteiger partial charge in [0.2, 0.25) is 0 Å². The van der Waals surface area contributed by atoms with Crippen molar-refractivity contribution >= 4 is 57.8 Å². The van der Waals surface area contributed by atoms with Crippen LogP contribution >= 0.6 is 35.0 Å². The van der Waals surface area contributed by atoms with Crippen LogP contribution < -0.4 is 5.32 Å². The molecule has 0 saturated carbocycles. The molecule has 4 nitrogen and oxygen atoms in total. The van der Waals surface area contributed by atoms with Crippen LogP contribution in [0.3, 0.4) is 0 Å². The zero-order chi connectivity index (χ0) is 19.7. The minimum absolute atomic E-state index is 0.256. The first-order valence-electron chi connectivity index (χ1n) is 8.09. The summed E-state index contributed by atoms with van der Waals surface area (Å²) in [6, 6.07) is 14.4. The van der Waals surface area contributed by atoms with Crippen LogP contribution in [0, 0.1) is 5.82 Å². The monoisotopic (exact) mass is 432 g/mol. The van der Waals surface area contributed by atoms with Crippen molar-refractivity contribution in [3.05, 3.63) is 81.1 Å². The van der Waals surface area contributed by atoms with Crippen molar-refractivity contribution in [1.29, 1.82) is 0 Å². The second kappa shape index (κ2) is 7.83. The van der Waals surface area contributed by atoms with E-state index in [0.29, 0.717) is 43.6 Å². The van der Waals surface area contributed by atoms with Gasteiger partial charge in [0.15, 0.2) is 0 Å². The van der Waals surface area contributed by atoms with Gasteiger partial charge in [-0.2, -0.15) is 0 Å². The van der Waals surface area contributed by atoms with Crippen molar-refractivity contribution < 1.29 is 13.6 Å². The highest BCUT2D eigenvalue weighted by Crippen LogP contribution is 2.36. The summed E-state index contributed by atoms with van der Waals surface area (Å²) in [4.78, 5) is 16.8. The molecule has 0 bridgehead atoms. The van der Waals surface area contributed by atoms with Gasteiger partial charge in [0.1, 0.15) is 23.2 Å². The number of amides is 1. The molecule has 8 heteroatoms. The molecule has 0 unspecified atom stereocenters. The Morgan fingerprint density at radius 2 is 1.75 bits per heavy atom. The minimum Gasteiger partial charge on any atom is -0.457 e. The summed E-state index contributed by atoms with van der Waals surface area (Å²) in [5.74, 6) is 1.04. The highest BCUT2D eigenvalue weighted by Gasteiger charge is 2.24. The Labute approximate surface area is 174 Å². The van der Waals surface area contributed by atoms with Crippen LogP contribution in [0.15, 0.2) is 68.9 Å². The molecule has 1 N–H and O–H groups in total. The van der Waals surface area contributed by atoms with Crippen molar-refractivity contribution in [1.82, 2.24) is 5.32 Å². The Morgan fingerprint density at radius 3 is 2.46 bits per heavy atom. The highest BCUT2D eigenvalue weighted by molar-refractivity contribution is 8.18. The van der Waals surface area contributed by atoms with Crippen molar-refractivity contribution in [3.8, 4) is 11.3 Å². The molecule has 1 amide bonds. The topological polar surface area (TPSA) is 54.6 Å². The number of furan rings is 1. The summed E-state index contributed by atoms with van der Waals surface area (Å²) in [6.45, 7) is 0. The van der Waals surface area contributed by atoms with Crippen LogP contribution in [0.2, 0.25) is 10.0 Å². The lowest BCUT2D eigenvalue weighted by Crippen LogP contribution is -2.18. The van der Waals surface area contributed by atoms with E-state index in [4.69, 9.17) is 27.6 Å². The van der Waals surface area contributed by atoms with Crippen LogP contribution in [-0.2, 0) is 0 Å². The van der Waals surface area contributed by atoms with E-state index < -0.39 is 0 Å². The molecule has 0 radical (unpaired) electrons. The third-order valence-electron chi connectivity index (χ3n) is 3.83. The number of carbonyl (C=O) groups excluding carboxylic acids is 1. The molecule has 0 atom stereocenters. The molecular formula is C20H11Cl2FN2O2S. The molecule has 2 heterocycles. The number of amidine groups is 1. The summed E-state index contributed by atoms with van der Waals surface area (Å²) < 4.78 is 18.9. The van der Waals surface area contributed by atoms with E-state index in [1.165, 1.54) is 24.3 Å². The first kappa shape index (κ1) is 18.8. The number of benzene rings is 2. The number of nitrogens with zero attached hydrogens (tertiary/aromatic N) is 1. The first-order valence-corrected chi connectivity index (χ1v) is 9.66. The lowest BCUT2D eigenvalue weighted by molar-refractivity contribution is 0.265. The number of carbonyl (C=O) groups is 1. The summed E-state index contributed by atoms with van der Waals surface area (Å²) in [5.41, 5.74) is 1.12. The zero-order valence-electron chi connectivity index (χ0n) is 14.1. The number of aliphatic imine (C=N–C) groups is 1. The molecule has 0 spiro atoms. The highest BCUT2D eigenvalue weighted by atomic mass is 35.5. The number of hydrogen-bond acceptors (Lipinski definition) is 4. The Morgan fingerprint density at radius 1 is 1.04 bits per heavy atom. The summed E-state index contributed by atoms with van der Waals surface area (Å²) >= 11 is 13.4. The Hall–Kier alpha value is -2.54. The Balaban J connectivity index is 1.67. The molecule has 1 aliphatic heterocycles. The van der Waals surface area contributed by atoms with E-state index in [-0.39, 0.29) is 11.1 Å². The second-order valence-electron chi connectivity index (χ2n) is 5.76. The smallest absolute Gasteiger partial charge is 0.289 e. The number of hydrogen-bond donors (Lipinski definition) is 1. The molecule has 2 aromatic carbocycles. The average molecular weight is 433 g/mol. The average Bonchev–Trinajstić information content (AvgIpc) is 3.24. The number of thioether (sulfide) groups is 1. The fourth-order valence-electron chi connectivity index (χ4n) is 2.58. The summed E-state index contributed by atoms with van der Waals surface area (Å²) in [6.07, 6.45) is 1.69. The molecule has 140 valence electrons. The van der Waals surface area contributed by atoms with E-state index in [9.17, 15) is 9.18 Å². The molecule has 3 aromatic rings. The standard InChI is InChI=1S/C20H11Cl2FN2O2S/c21-14-2-1-3-15(22)18(14)16-9-8-13(27-16)10-17-19(25-20(26)28-17)24-12-6-4-11(23)5-7-12/h1-10H,(H,24,25,26)/b17-10-. The van der Waals surface area contributed by atoms with Gasteiger partial charge in [0, 0.05) is 0 Å². The fourth-order valence-corrected chi connectivity index (χ4v) is 3.88. The maximum Gasteiger partial charge on any atom is 0.289 e. The van der Waals surface area contributed by atoms with Crippen LogP contribution in [0.4, 0.5) is 14.9 Å². The molecule has 1 saturated heterocycles. The minimum atomic E-state index is -0.356. The maximum atomic E-state index is 13.1. The maximum absolute atomic E-state index is 13.1. The Kier molecular flexibility index (Phi) is 5.26. The lowest BCUT2D eigenvalue weighted by Gasteiger charge is -2.03. The van der Waals surface area contributed by atoms with Gasteiger partial charge in [-0.25, -0.2) is 9.38 Å². The second-order valence-corrected chi connectivity index (χ2v) is 7.59. The predicted octanol–water partition coefficient (Wildman–Crippen LogP) is 6.92. The number of rotatable bonds is 3. The van der Waals surface area contributed by atoms with Gasteiger partial charge in [-0.3, -0.25) is 4.79 Å². The normalized spacial score (nSPS) is 16.8. The number of nitrogens with one attached hydrogen (secondary N) is 1. The lowest BCUT2D eigenvalue weighted by atomic mass is 10.2. The van der Waals surface area contributed by atoms with Crippen LogP contribution in [0.1, 0.15) is 5.76 Å². The largest absolute Gasteiger partial charge is 0.457 e. The van der Waals surface area contributed by atoms with E-state index >= 15 is 0 Å². The van der Waals surface area contributed by atoms with E-state index in [1.54, 1.807) is 36.4 Å². The van der Waals surface area contributed by atoms with E-state index in [0.717, 1.165) is 11.8 Å². The molecule has 1 fully saturated rings. The quantitative estimate of drug-likeness (QED) is 0.488. The van der Waals surface area contributed by atoms with Crippen molar-refractivity contribution in [2.45, 2.75) is 0 Å². The molecule has 1 aliphatic rings. The zero-order valence-corrected chi connectivity index (χ0v) is 16.4. The van der Waals surface area contributed by atoms with Gasteiger partial charge >= 0.3 is 0 Å². The molecule has 1 aromatic heterocycles. The van der Waals surface area contributed by atoms with Crippen molar-refractivity contribution in [2.24, 2.45) is 4.99 Å².